The van der Waals surface area contributed by atoms with E-state index in [2.05, 4.69) is 0 Å². The van der Waals surface area contributed by atoms with Gasteiger partial charge in [0.05, 0.1) is 12.2 Å². The van der Waals surface area contributed by atoms with E-state index < -0.39 is 0 Å². The first kappa shape index (κ1) is 7.03. The van der Waals surface area contributed by atoms with Crippen LogP contribution in [0.4, 0.5) is 0 Å². The van der Waals surface area contributed by atoms with Crippen LogP contribution in [0.1, 0.15) is 26.2 Å². The molecule has 1 rings (SSSR count). The minimum atomic E-state index is -0.0958. The van der Waals surface area contributed by atoms with Crippen LogP contribution in [0.25, 0.3) is 0 Å². The molecule has 2 atom stereocenters. The third-order valence-electron chi connectivity index (χ3n) is 1.76. The predicted octanol–water partition coefficient (Wildman–Crippen LogP) is 0.936. The van der Waals surface area contributed by atoms with E-state index in [-0.39, 0.29) is 6.10 Å². The summed E-state index contributed by atoms with van der Waals surface area (Å²) in [6.07, 6.45) is 3.04. The van der Waals surface area contributed by atoms with Crippen LogP contribution in [-0.2, 0) is 4.74 Å². The van der Waals surface area contributed by atoms with Gasteiger partial charge in [0.15, 0.2) is 0 Å². The minimum Gasteiger partial charge on any atom is -0.393 e. The first-order valence-corrected chi connectivity index (χ1v) is 3.62. The third kappa shape index (κ3) is 1.95. The van der Waals surface area contributed by atoms with Gasteiger partial charge in [-0.1, -0.05) is 0 Å². The van der Waals surface area contributed by atoms with E-state index in [1.807, 2.05) is 6.92 Å². The maximum absolute atomic E-state index is 9.05. The van der Waals surface area contributed by atoms with E-state index in [1.54, 1.807) is 0 Å². The second-order valence-corrected chi connectivity index (χ2v) is 2.54. The lowest BCUT2D eigenvalue weighted by molar-refractivity contribution is 0.0561. The molecule has 0 saturated heterocycles. The van der Waals surface area contributed by atoms with Crippen molar-refractivity contribution in [3.63, 3.8) is 0 Å². The summed E-state index contributed by atoms with van der Waals surface area (Å²) in [5, 5.41) is 9.05. The molecule has 2 unspecified atom stereocenters. The molecule has 9 heavy (non-hydrogen) atoms. The Hall–Kier alpha value is -0.0800. The molecule has 1 aliphatic carbocycles. The van der Waals surface area contributed by atoms with Crippen LogP contribution < -0.4 is 0 Å². The Bertz CT molecular complexity index is 81.0. The van der Waals surface area contributed by atoms with Gasteiger partial charge in [-0.15, -0.1) is 0 Å². The van der Waals surface area contributed by atoms with Gasteiger partial charge in [0.1, 0.15) is 0 Å². The van der Waals surface area contributed by atoms with Gasteiger partial charge in [-0.25, -0.2) is 0 Å². The fraction of sp³-hybridized carbons (Fsp3) is 1.00. The Kier molecular flexibility index (Phi) is 2.49. The summed E-state index contributed by atoms with van der Waals surface area (Å²) in [5.74, 6) is 0. The molecule has 0 heterocycles. The molecule has 2 heteroatoms. The number of aliphatic hydroxyl groups is 1. The van der Waals surface area contributed by atoms with Gasteiger partial charge in [0.2, 0.25) is 0 Å². The lowest BCUT2D eigenvalue weighted by Gasteiger charge is -2.07. The van der Waals surface area contributed by atoms with Gasteiger partial charge in [-0.05, 0) is 26.2 Å². The maximum atomic E-state index is 9.05. The Balaban J connectivity index is 2.14. The summed E-state index contributed by atoms with van der Waals surface area (Å²) in [4.78, 5) is 0. The molecule has 0 spiro atoms. The van der Waals surface area contributed by atoms with E-state index in [4.69, 9.17) is 9.84 Å². The van der Waals surface area contributed by atoms with E-state index in [0.717, 1.165) is 25.9 Å². The second-order valence-electron chi connectivity index (χ2n) is 2.54. The molecule has 2 nitrogen and oxygen atoms in total. The van der Waals surface area contributed by atoms with Gasteiger partial charge in [-0.2, -0.15) is 0 Å². The first-order chi connectivity index (χ1) is 4.33. The van der Waals surface area contributed by atoms with Crippen LogP contribution in [0.15, 0.2) is 0 Å². The summed E-state index contributed by atoms with van der Waals surface area (Å²) in [6.45, 7) is 2.77. The lowest BCUT2D eigenvalue weighted by Crippen LogP contribution is -2.09. The number of hydrogen-bond donors (Lipinski definition) is 1. The van der Waals surface area contributed by atoms with Crippen molar-refractivity contribution in [2.24, 2.45) is 0 Å². The van der Waals surface area contributed by atoms with E-state index in [9.17, 15) is 0 Å². The molecule has 1 saturated carbocycles. The molecule has 0 aromatic heterocycles. The van der Waals surface area contributed by atoms with Crippen LogP contribution in [-0.4, -0.2) is 23.9 Å². The van der Waals surface area contributed by atoms with Crippen molar-refractivity contribution in [3.05, 3.63) is 0 Å². The zero-order valence-electron chi connectivity index (χ0n) is 5.84. The van der Waals surface area contributed by atoms with Crippen molar-refractivity contribution in [1.82, 2.24) is 0 Å². The van der Waals surface area contributed by atoms with Gasteiger partial charge in [-0.3, -0.25) is 0 Å². The largest absolute Gasteiger partial charge is 0.393 e. The molecule has 0 radical (unpaired) electrons. The molecule has 0 aromatic rings. The van der Waals surface area contributed by atoms with Crippen LogP contribution in [0.2, 0.25) is 0 Å². The standard InChI is InChI=1S/C7H14O2/c1-2-9-7-4-3-6(8)5-7/h6-8H,2-5H2,1H3. The average Bonchev–Trinajstić information content (AvgIpc) is 2.17. The van der Waals surface area contributed by atoms with Crippen molar-refractivity contribution >= 4 is 0 Å². The molecule has 54 valence electrons. The highest BCUT2D eigenvalue weighted by molar-refractivity contribution is 4.74. The first-order valence-electron chi connectivity index (χ1n) is 3.62. The van der Waals surface area contributed by atoms with Crippen molar-refractivity contribution in [2.75, 3.05) is 6.61 Å². The Morgan fingerprint density at radius 2 is 2.33 bits per heavy atom. The summed E-state index contributed by atoms with van der Waals surface area (Å²) in [7, 11) is 0. The monoisotopic (exact) mass is 130 g/mol. The predicted molar refractivity (Wildman–Crippen MR) is 35.3 cm³/mol. The highest BCUT2D eigenvalue weighted by Crippen LogP contribution is 2.21. The highest BCUT2D eigenvalue weighted by atomic mass is 16.5. The fourth-order valence-electron chi connectivity index (χ4n) is 1.30. The van der Waals surface area contributed by atoms with Crippen molar-refractivity contribution < 1.29 is 9.84 Å². The SMILES string of the molecule is CCOC1CCC(O)C1. The van der Waals surface area contributed by atoms with Gasteiger partial charge >= 0.3 is 0 Å². The zero-order chi connectivity index (χ0) is 6.69. The maximum Gasteiger partial charge on any atom is 0.0600 e. The fourth-order valence-corrected chi connectivity index (χ4v) is 1.30. The Morgan fingerprint density at radius 3 is 2.78 bits per heavy atom. The minimum absolute atomic E-state index is 0.0958. The molecule has 0 bridgehead atoms. The topological polar surface area (TPSA) is 29.5 Å². The second kappa shape index (κ2) is 3.18. The number of ether oxygens (including phenoxy) is 1. The van der Waals surface area contributed by atoms with Gasteiger partial charge < -0.3 is 9.84 Å². The van der Waals surface area contributed by atoms with Crippen molar-refractivity contribution in [3.8, 4) is 0 Å². The van der Waals surface area contributed by atoms with Crippen LogP contribution >= 0.6 is 0 Å². The molecule has 1 fully saturated rings. The number of rotatable bonds is 2. The van der Waals surface area contributed by atoms with Gasteiger partial charge in [0, 0.05) is 6.61 Å². The molecule has 0 aromatic carbocycles. The van der Waals surface area contributed by atoms with Crippen LogP contribution in [0, 0.1) is 0 Å². The number of hydrogen-bond acceptors (Lipinski definition) is 2. The molecule has 0 amide bonds. The highest BCUT2D eigenvalue weighted by Gasteiger charge is 2.22. The Labute approximate surface area is 55.8 Å². The number of aliphatic hydroxyl groups excluding tert-OH is 1. The van der Waals surface area contributed by atoms with E-state index in [0.29, 0.717) is 6.10 Å². The molecule has 1 aliphatic rings. The summed E-state index contributed by atoms with van der Waals surface area (Å²) in [6, 6.07) is 0. The summed E-state index contributed by atoms with van der Waals surface area (Å²) >= 11 is 0. The third-order valence-corrected chi connectivity index (χ3v) is 1.76. The summed E-state index contributed by atoms with van der Waals surface area (Å²) < 4.78 is 5.31. The lowest BCUT2D eigenvalue weighted by atomic mass is 10.3. The van der Waals surface area contributed by atoms with Gasteiger partial charge in [0.25, 0.3) is 0 Å². The average molecular weight is 130 g/mol. The molecular weight excluding hydrogens is 116 g/mol. The normalized spacial score (nSPS) is 35.3. The van der Waals surface area contributed by atoms with Crippen LogP contribution in [0.3, 0.4) is 0 Å². The molecular formula is C7H14O2. The van der Waals surface area contributed by atoms with E-state index in [1.165, 1.54) is 0 Å². The van der Waals surface area contributed by atoms with Crippen molar-refractivity contribution in [2.45, 2.75) is 38.4 Å². The summed E-state index contributed by atoms with van der Waals surface area (Å²) in [5.41, 5.74) is 0. The molecule has 0 aliphatic heterocycles. The smallest absolute Gasteiger partial charge is 0.0600 e. The van der Waals surface area contributed by atoms with Crippen molar-refractivity contribution in [1.29, 1.82) is 0 Å². The molecule has 1 N–H and O–H groups in total. The Morgan fingerprint density at radius 1 is 1.56 bits per heavy atom. The van der Waals surface area contributed by atoms with Crippen LogP contribution in [0.5, 0.6) is 0 Å². The zero-order valence-corrected chi connectivity index (χ0v) is 5.84. The van der Waals surface area contributed by atoms with E-state index >= 15 is 0 Å². The quantitative estimate of drug-likeness (QED) is 0.602.